The molecule has 6 heteroatoms. The number of carboxylic acid groups (broad SMARTS) is 1. The third-order valence-corrected chi connectivity index (χ3v) is 2.06. The van der Waals surface area contributed by atoms with Gasteiger partial charge in [-0.15, -0.1) is 0 Å². The molecule has 0 radical (unpaired) electrons. The Balaban J connectivity index is 2.70. The fraction of sp³-hybridized carbons (Fsp3) is 0.556. The Labute approximate surface area is 86.7 Å². The van der Waals surface area contributed by atoms with Crippen molar-refractivity contribution < 1.29 is 24.5 Å². The normalized spacial score (nSPS) is 25.1. The van der Waals surface area contributed by atoms with Gasteiger partial charge in [-0.1, -0.05) is 6.58 Å². The molecule has 84 valence electrons. The number of aliphatic hydroxyl groups is 1. The average Bonchev–Trinajstić information content (AvgIpc) is 2.46. The van der Waals surface area contributed by atoms with Crippen molar-refractivity contribution >= 4 is 12.1 Å². The molecular weight excluding hydrogens is 202 g/mol. The second-order valence-corrected chi connectivity index (χ2v) is 3.47. The van der Waals surface area contributed by atoms with Crippen LogP contribution in [0.1, 0.15) is 13.3 Å². The quantitative estimate of drug-likeness (QED) is 0.641. The molecule has 0 aromatic rings. The van der Waals surface area contributed by atoms with E-state index in [4.69, 9.17) is 5.11 Å². The number of rotatable bonds is 2. The van der Waals surface area contributed by atoms with Crippen molar-refractivity contribution in [1.29, 1.82) is 0 Å². The van der Waals surface area contributed by atoms with Crippen LogP contribution in [0, 0.1) is 0 Å². The minimum Gasteiger partial charge on any atom is -0.480 e. The van der Waals surface area contributed by atoms with Crippen molar-refractivity contribution in [3.8, 4) is 0 Å². The number of nitrogens with zero attached hydrogens (tertiary/aromatic N) is 1. The molecule has 0 aromatic carbocycles. The predicted molar refractivity (Wildman–Crippen MR) is 50.0 cm³/mol. The van der Waals surface area contributed by atoms with Crippen LogP contribution in [0.4, 0.5) is 4.79 Å². The maximum Gasteiger partial charge on any atom is 0.415 e. The minimum atomic E-state index is -1.15. The predicted octanol–water partition coefficient (Wildman–Crippen LogP) is 0.176. The van der Waals surface area contributed by atoms with Crippen molar-refractivity contribution in [2.75, 3.05) is 6.54 Å². The smallest absolute Gasteiger partial charge is 0.415 e. The lowest BCUT2D eigenvalue weighted by molar-refractivity contribution is -0.141. The summed E-state index contributed by atoms with van der Waals surface area (Å²) in [4.78, 5) is 23.1. The number of amides is 1. The van der Waals surface area contributed by atoms with Crippen LogP contribution in [0.25, 0.3) is 0 Å². The summed E-state index contributed by atoms with van der Waals surface area (Å²) in [5, 5.41) is 18.1. The Morgan fingerprint density at radius 3 is 2.60 bits per heavy atom. The van der Waals surface area contributed by atoms with E-state index in [-0.39, 0.29) is 18.7 Å². The molecule has 0 saturated carbocycles. The van der Waals surface area contributed by atoms with Gasteiger partial charge in [-0.2, -0.15) is 0 Å². The summed E-state index contributed by atoms with van der Waals surface area (Å²) in [6, 6.07) is -1.02. The fourth-order valence-electron chi connectivity index (χ4n) is 1.46. The van der Waals surface area contributed by atoms with Gasteiger partial charge < -0.3 is 14.9 Å². The molecule has 0 aliphatic carbocycles. The second-order valence-electron chi connectivity index (χ2n) is 3.47. The number of allylic oxidation sites excluding steroid dienone is 1. The van der Waals surface area contributed by atoms with Gasteiger partial charge in [0, 0.05) is 6.42 Å². The van der Waals surface area contributed by atoms with Gasteiger partial charge in [0.2, 0.25) is 0 Å². The Morgan fingerprint density at radius 1 is 1.53 bits per heavy atom. The molecular formula is C9H13NO5. The first kappa shape index (κ1) is 11.5. The van der Waals surface area contributed by atoms with Crippen molar-refractivity contribution in [2.24, 2.45) is 0 Å². The summed E-state index contributed by atoms with van der Waals surface area (Å²) in [6.07, 6.45) is -1.57. The van der Waals surface area contributed by atoms with E-state index in [0.717, 1.165) is 4.90 Å². The van der Waals surface area contributed by atoms with E-state index in [1.165, 1.54) is 6.92 Å². The number of hydrogen-bond acceptors (Lipinski definition) is 4. The highest BCUT2D eigenvalue weighted by Crippen LogP contribution is 2.19. The molecule has 1 heterocycles. The van der Waals surface area contributed by atoms with Crippen LogP contribution < -0.4 is 0 Å². The molecule has 1 saturated heterocycles. The Morgan fingerprint density at radius 2 is 2.13 bits per heavy atom. The summed E-state index contributed by atoms with van der Waals surface area (Å²) in [7, 11) is 0. The van der Waals surface area contributed by atoms with Crippen LogP contribution >= 0.6 is 0 Å². The van der Waals surface area contributed by atoms with Crippen LogP contribution in [0.2, 0.25) is 0 Å². The molecule has 1 rings (SSSR count). The highest BCUT2D eigenvalue weighted by Gasteiger charge is 2.39. The number of hydrogen-bond donors (Lipinski definition) is 2. The maximum absolute atomic E-state index is 11.4. The van der Waals surface area contributed by atoms with Gasteiger partial charge >= 0.3 is 12.1 Å². The standard InChI is InChI=1S/C9H13NO5/c1-5(2)15-9(14)10-4-6(11)3-7(10)8(12)13/h6-7,11H,1,3-4H2,2H3,(H,12,13)/t6-,7+/m1/s1. The van der Waals surface area contributed by atoms with Crippen molar-refractivity contribution in [2.45, 2.75) is 25.5 Å². The average molecular weight is 215 g/mol. The van der Waals surface area contributed by atoms with E-state index in [9.17, 15) is 14.7 Å². The van der Waals surface area contributed by atoms with Gasteiger partial charge in [-0.3, -0.25) is 4.90 Å². The Hall–Kier alpha value is -1.56. The molecule has 1 aliphatic rings. The van der Waals surface area contributed by atoms with Crippen LogP contribution in [0.3, 0.4) is 0 Å². The number of aliphatic carboxylic acids is 1. The number of ether oxygens (including phenoxy) is 1. The molecule has 6 nitrogen and oxygen atoms in total. The van der Waals surface area contributed by atoms with Crippen molar-refractivity contribution in [1.82, 2.24) is 4.90 Å². The number of β-amino-alcohol motifs (C(OH)–C–C–N with tert-alkyl or cyclic N) is 1. The molecule has 2 atom stereocenters. The summed E-state index contributed by atoms with van der Waals surface area (Å²) in [5.74, 6) is -0.962. The number of aliphatic hydroxyl groups excluding tert-OH is 1. The van der Waals surface area contributed by atoms with Gasteiger partial charge in [-0.05, 0) is 6.92 Å². The lowest BCUT2D eigenvalue weighted by Crippen LogP contribution is -2.40. The summed E-state index contributed by atoms with van der Waals surface area (Å²) in [6.45, 7) is 4.84. The highest BCUT2D eigenvalue weighted by atomic mass is 16.6. The van der Waals surface area contributed by atoms with Gasteiger partial charge in [0.1, 0.15) is 6.04 Å². The molecule has 0 unspecified atom stereocenters. The van der Waals surface area contributed by atoms with E-state index in [0.29, 0.717) is 0 Å². The van der Waals surface area contributed by atoms with Crippen LogP contribution in [-0.2, 0) is 9.53 Å². The SMILES string of the molecule is C=C(C)OC(=O)N1C[C@H](O)C[C@H]1C(=O)O. The molecule has 2 N–H and O–H groups in total. The highest BCUT2D eigenvalue weighted by molar-refractivity contribution is 5.81. The first-order valence-electron chi connectivity index (χ1n) is 4.46. The third-order valence-electron chi connectivity index (χ3n) is 2.06. The Kier molecular flexibility index (Phi) is 3.31. The lowest BCUT2D eigenvalue weighted by atomic mass is 10.2. The molecule has 15 heavy (non-hydrogen) atoms. The van der Waals surface area contributed by atoms with Gasteiger partial charge in [0.15, 0.2) is 0 Å². The Bertz CT molecular complexity index is 301. The fourth-order valence-corrected chi connectivity index (χ4v) is 1.46. The monoisotopic (exact) mass is 215 g/mol. The number of carbonyl (C=O) groups is 2. The summed E-state index contributed by atoms with van der Waals surface area (Å²) in [5.41, 5.74) is 0. The van der Waals surface area contributed by atoms with Crippen LogP contribution in [0.5, 0.6) is 0 Å². The van der Waals surface area contributed by atoms with Gasteiger partial charge in [0.25, 0.3) is 0 Å². The zero-order chi connectivity index (χ0) is 11.6. The molecule has 0 aromatic heterocycles. The number of carboxylic acids is 1. The van der Waals surface area contributed by atoms with Gasteiger partial charge in [-0.25, -0.2) is 9.59 Å². The largest absolute Gasteiger partial charge is 0.480 e. The van der Waals surface area contributed by atoms with Crippen LogP contribution in [-0.4, -0.2) is 45.9 Å². The molecule has 0 spiro atoms. The second kappa shape index (κ2) is 4.31. The van der Waals surface area contributed by atoms with Crippen LogP contribution in [0.15, 0.2) is 12.3 Å². The molecule has 0 bridgehead atoms. The minimum absolute atomic E-state index is 0.0247. The maximum atomic E-state index is 11.4. The van der Waals surface area contributed by atoms with Crippen molar-refractivity contribution in [3.05, 3.63) is 12.3 Å². The molecule has 1 fully saturated rings. The zero-order valence-electron chi connectivity index (χ0n) is 8.34. The first-order chi connectivity index (χ1) is 6.91. The number of carbonyl (C=O) groups excluding carboxylic acids is 1. The van der Waals surface area contributed by atoms with E-state index >= 15 is 0 Å². The third kappa shape index (κ3) is 2.69. The molecule has 1 aliphatic heterocycles. The molecule has 1 amide bonds. The first-order valence-corrected chi connectivity index (χ1v) is 4.46. The van der Waals surface area contributed by atoms with Gasteiger partial charge in [0.05, 0.1) is 18.4 Å². The summed E-state index contributed by atoms with van der Waals surface area (Å²) < 4.78 is 4.68. The lowest BCUT2D eigenvalue weighted by Gasteiger charge is -2.20. The summed E-state index contributed by atoms with van der Waals surface area (Å²) >= 11 is 0. The van der Waals surface area contributed by atoms with E-state index < -0.39 is 24.2 Å². The zero-order valence-corrected chi connectivity index (χ0v) is 8.34. The van der Waals surface area contributed by atoms with Crippen molar-refractivity contribution in [3.63, 3.8) is 0 Å². The van der Waals surface area contributed by atoms with E-state index in [1.54, 1.807) is 0 Å². The topological polar surface area (TPSA) is 87.1 Å². The van der Waals surface area contributed by atoms with E-state index in [2.05, 4.69) is 11.3 Å². The van der Waals surface area contributed by atoms with E-state index in [1.807, 2.05) is 0 Å². The number of likely N-dealkylation sites (tertiary alicyclic amines) is 1.